The van der Waals surface area contributed by atoms with Gasteiger partial charge in [0, 0.05) is 19.5 Å². The Hall–Kier alpha value is -3.83. The number of aromatic nitrogens is 1. The maximum atomic E-state index is 13.5. The second-order valence-corrected chi connectivity index (χ2v) is 8.27. The van der Waals surface area contributed by atoms with Gasteiger partial charge < -0.3 is 15.5 Å². The molecule has 1 aromatic heterocycles. The van der Waals surface area contributed by atoms with E-state index in [0.717, 1.165) is 11.1 Å². The van der Waals surface area contributed by atoms with E-state index < -0.39 is 12.0 Å². The standard InChI is InChI=1S/C26H25F2N5O/c27-26(28)13-15-33(18-26)22-10-11-23(31-17-22)32-25(34)24(21-4-2-1-3-5-21)30-14-12-19-6-8-20(16-29)9-7-19/h1-11,17,24,30H,12-15,18H2,(H,31,32,34). The van der Waals surface area contributed by atoms with Gasteiger partial charge in [0.25, 0.3) is 5.92 Å². The summed E-state index contributed by atoms with van der Waals surface area (Å²) in [6, 6.07) is 21.6. The summed E-state index contributed by atoms with van der Waals surface area (Å²) in [6.45, 7) is 0.508. The van der Waals surface area contributed by atoms with Crippen LogP contribution in [0.15, 0.2) is 72.9 Å². The number of hydrogen-bond donors (Lipinski definition) is 2. The molecule has 0 aliphatic carbocycles. The molecule has 1 aliphatic heterocycles. The number of alkyl halides is 2. The van der Waals surface area contributed by atoms with Gasteiger partial charge in [0.05, 0.1) is 30.1 Å². The van der Waals surface area contributed by atoms with Gasteiger partial charge in [-0.05, 0) is 41.8 Å². The predicted molar refractivity (Wildman–Crippen MR) is 127 cm³/mol. The second kappa shape index (κ2) is 10.4. The van der Waals surface area contributed by atoms with Crippen molar-refractivity contribution in [1.82, 2.24) is 10.3 Å². The molecule has 2 heterocycles. The van der Waals surface area contributed by atoms with Crippen molar-refractivity contribution < 1.29 is 13.6 Å². The third-order valence-electron chi connectivity index (χ3n) is 5.77. The highest BCUT2D eigenvalue weighted by atomic mass is 19.3. The molecule has 1 unspecified atom stereocenters. The van der Waals surface area contributed by atoms with Crippen LogP contribution in [0.2, 0.25) is 0 Å². The monoisotopic (exact) mass is 461 g/mol. The van der Waals surface area contributed by atoms with E-state index in [9.17, 15) is 13.6 Å². The van der Waals surface area contributed by atoms with E-state index >= 15 is 0 Å². The van der Waals surface area contributed by atoms with Gasteiger partial charge in [-0.2, -0.15) is 5.26 Å². The van der Waals surface area contributed by atoms with Crippen LogP contribution in [0.25, 0.3) is 0 Å². The number of amides is 1. The van der Waals surface area contributed by atoms with Crippen molar-refractivity contribution in [3.05, 3.63) is 89.6 Å². The van der Waals surface area contributed by atoms with E-state index in [2.05, 4.69) is 21.7 Å². The number of benzene rings is 2. The first-order chi connectivity index (χ1) is 16.4. The van der Waals surface area contributed by atoms with Gasteiger partial charge in [-0.3, -0.25) is 4.79 Å². The molecule has 3 aromatic rings. The number of pyridine rings is 1. The number of nitrogens with zero attached hydrogens (tertiary/aromatic N) is 3. The summed E-state index contributed by atoms with van der Waals surface area (Å²) >= 11 is 0. The lowest BCUT2D eigenvalue weighted by molar-refractivity contribution is -0.118. The fourth-order valence-corrected chi connectivity index (χ4v) is 3.92. The third-order valence-corrected chi connectivity index (χ3v) is 5.77. The molecule has 6 nitrogen and oxygen atoms in total. The second-order valence-electron chi connectivity index (χ2n) is 8.27. The van der Waals surface area contributed by atoms with Crippen LogP contribution >= 0.6 is 0 Å². The summed E-state index contributed by atoms with van der Waals surface area (Å²) < 4.78 is 27.0. The molecule has 0 radical (unpaired) electrons. The first-order valence-electron chi connectivity index (χ1n) is 11.1. The van der Waals surface area contributed by atoms with E-state index in [0.29, 0.717) is 30.0 Å². The zero-order valence-corrected chi connectivity index (χ0v) is 18.5. The highest BCUT2D eigenvalue weighted by molar-refractivity contribution is 5.94. The summed E-state index contributed by atoms with van der Waals surface area (Å²) in [4.78, 5) is 19.0. The van der Waals surface area contributed by atoms with E-state index in [1.807, 2.05) is 42.5 Å². The molecule has 1 amide bonds. The van der Waals surface area contributed by atoms with Crippen molar-refractivity contribution in [2.75, 3.05) is 29.9 Å². The molecule has 1 atom stereocenters. The Morgan fingerprint density at radius 2 is 1.88 bits per heavy atom. The van der Waals surface area contributed by atoms with Gasteiger partial charge in [-0.15, -0.1) is 0 Å². The smallest absolute Gasteiger partial charge is 0.266 e. The Morgan fingerprint density at radius 1 is 1.12 bits per heavy atom. The Labute approximate surface area is 197 Å². The Morgan fingerprint density at radius 3 is 2.50 bits per heavy atom. The lowest BCUT2D eigenvalue weighted by Gasteiger charge is -2.20. The number of rotatable bonds is 8. The fraction of sp³-hybridized carbons (Fsp3) is 0.269. The molecule has 1 saturated heterocycles. The number of carbonyl (C=O) groups is 1. The molecule has 2 N–H and O–H groups in total. The molecule has 0 saturated carbocycles. The number of halogens is 2. The van der Waals surface area contributed by atoms with E-state index in [1.54, 1.807) is 29.2 Å². The van der Waals surface area contributed by atoms with Crippen molar-refractivity contribution in [3.63, 3.8) is 0 Å². The Bertz CT molecular complexity index is 1140. The summed E-state index contributed by atoms with van der Waals surface area (Å²) in [6.07, 6.45) is 2.03. The zero-order valence-electron chi connectivity index (χ0n) is 18.5. The Kier molecular flexibility index (Phi) is 7.14. The van der Waals surface area contributed by atoms with Crippen LogP contribution in [-0.2, 0) is 11.2 Å². The van der Waals surface area contributed by atoms with Crippen molar-refractivity contribution in [2.24, 2.45) is 0 Å². The topological polar surface area (TPSA) is 81.0 Å². The lowest BCUT2D eigenvalue weighted by atomic mass is 10.1. The van der Waals surface area contributed by atoms with Crippen LogP contribution < -0.4 is 15.5 Å². The quantitative estimate of drug-likeness (QED) is 0.523. The van der Waals surface area contributed by atoms with Crippen molar-refractivity contribution in [1.29, 1.82) is 5.26 Å². The molecule has 4 rings (SSSR count). The minimum Gasteiger partial charge on any atom is -0.364 e. The van der Waals surface area contributed by atoms with Crippen LogP contribution in [0, 0.1) is 11.3 Å². The predicted octanol–water partition coefficient (Wildman–Crippen LogP) is 4.31. The molecular weight excluding hydrogens is 436 g/mol. The number of carbonyl (C=O) groups excluding carboxylic acids is 1. The number of nitriles is 1. The zero-order chi connectivity index (χ0) is 24.0. The van der Waals surface area contributed by atoms with Crippen molar-refractivity contribution in [3.8, 4) is 6.07 Å². The minimum absolute atomic E-state index is 0.168. The van der Waals surface area contributed by atoms with Crippen molar-refractivity contribution in [2.45, 2.75) is 24.8 Å². The molecule has 0 spiro atoms. The highest BCUT2D eigenvalue weighted by Gasteiger charge is 2.38. The minimum atomic E-state index is -2.68. The number of nitrogens with one attached hydrogen (secondary N) is 2. The number of anilines is 2. The van der Waals surface area contributed by atoms with Gasteiger partial charge in [-0.1, -0.05) is 42.5 Å². The summed E-state index contributed by atoms with van der Waals surface area (Å²) in [5.74, 6) is -2.59. The van der Waals surface area contributed by atoms with Gasteiger partial charge in [-0.25, -0.2) is 13.8 Å². The molecule has 174 valence electrons. The normalized spacial score (nSPS) is 15.5. The molecule has 1 aliphatic rings. The lowest BCUT2D eigenvalue weighted by Crippen LogP contribution is -2.34. The first-order valence-corrected chi connectivity index (χ1v) is 11.1. The third kappa shape index (κ3) is 5.94. The van der Waals surface area contributed by atoms with E-state index in [4.69, 9.17) is 5.26 Å². The maximum Gasteiger partial charge on any atom is 0.266 e. The van der Waals surface area contributed by atoms with Gasteiger partial charge >= 0.3 is 0 Å². The first kappa shape index (κ1) is 23.3. The molecular formula is C26H25F2N5O. The highest BCUT2D eigenvalue weighted by Crippen LogP contribution is 2.30. The summed E-state index contributed by atoms with van der Waals surface area (Å²) in [5, 5.41) is 15.1. The molecule has 8 heteroatoms. The van der Waals surface area contributed by atoms with Gasteiger partial charge in [0.1, 0.15) is 11.9 Å². The van der Waals surface area contributed by atoms with Gasteiger partial charge in [0.2, 0.25) is 5.91 Å². The van der Waals surface area contributed by atoms with Crippen LogP contribution in [0.3, 0.4) is 0 Å². The largest absolute Gasteiger partial charge is 0.364 e. The van der Waals surface area contributed by atoms with E-state index in [-0.39, 0.29) is 25.4 Å². The molecule has 34 heavy (non-hydrogen) atoms. The Balaban J connectivity index is 1.40. The van der Waals surface area contributed by atoms with Crippen LogP contribution in [0.5, 0.6) is 0 Å². The van der Waals surface area contributed by atoms with E-state index in [1.165, 1.54) is 6.20 Å². The molecule has 1 fully saturated rings. The fourth-order valence-electron chi connectivity index (χ4n) is 3.92. The van der Waals surface area contributed by atoms with Crippen molar-refractivity contribution >= 4 is 17.4 Å². The molecule has 0 bridgehead atoms. The maximum absolute atomic E-state index is 13.5. The van der Waals surface area contributed by atoms with Crippen LogP contribution in [0.4, 0.5) is 20.3 Å². The SMILES string of the molecule is N#Cc1ccc(CCNC(C(=O)Nc2ccc(N3CCC(F)(F)C3)cn2)c2ccccc2)cc1. The number of hydrogen-bond acceptors (Lipinski definition) is 5. The average molecular weight is 462 g/mol. The van der Waals surface area contributed by atoms with Gasteiger partial charge in [0.15, 0.2) is 0 Å². The molecule has 2 aromatic carbocycles. The average Bonchev–Trinajstić information content (AvgIpc) is 3.22. The van der Waals surface area contributed by atoms with Crippen LogP contribution in [-0.4, -0.2) is 36.4 Å². The van der Waals surface area contributed by atoms with Crippen LogP contribution in [0.1, 0.15) is 29.2 Å². The summed E-state index contributed by atoms with van der Waals surface area (Å²) in [7, 11) is 0. The summed E-state index contributed by atoms with van der Waals surface area (Å²) in [5.41, 5.74) is 3.09.